The molecule has 1 aromatic rings. The molecule has 4 nitrogen and oxygen atoms in total. The fraction of sp³-hybridized carbons (Fsp3) is 0.588. The number of hydrogen-bond acceptors (Lipinski definition) is 3. The lowest BCUT2D eigenvalue weighted by Gasteiger charge is -2.47. The number of hydrogen-bond donors (Lipinski definition) is 1. The minimum Gasteiger partial charge on any atom is -0.383 e. The largest absolute Gasteiger partial charge is 0.416 e. The van der Waals surface area contributed by atoms with E-state index in [0.29, 0.717) is 18.7 Å². The van der Waals surface area contributed by atoms with Gasteiger partial charge in [0.2, 0.25) is 0 Å². The van der Waals surface area contributed by atoms with Gasteiger partial charge >= 0.3 is 6.18 Å². The number of likely N-dealkylation sites (tertiary alicyclic amines) is 1. The fourth-order valence-corrected chi connectivity index (χ4v) is 3.32. The maximum Gasteiger partial charge on any atom is 0.416 e. The number of carbonyl (C=O) groups is 1. The van der Waals surface area contributed by atoms with Gasteiger partial charge in [-0.3, -0.25) is 4.79 Å². The number of ether oxygens (including phenoxy) is 1. The molecule has 2 saturated heterocycles. The van der Waals surface area contributed by atoms with Crippen molar-refractivity contribution >= 4 is 5.91 Å². The molecule has 1 atom stereocenters. The topological polar surface area (TPSA) is 49.8 Å². The van der Waals surface area contributed by atoms with Crippen molar-refractivity contribution in [2.45, 2.75) is 43.6 Å². The van der Waals surface area contributed by atoms with E-state index >= 15 is 0 Å². The Hall–Kier alpha value is -1.60. The molecule has 3 rings (SSSR count). The molecule has 1 unspecified atom stereocenters. The van der Waals surface area contributed by atoms with E-state index in [0.717, 1.165) is 38.0 Å². The highest BCUT2D eigenvalue weighted by atomic mass is 19.4. The van der Waals surface area contributed by atoms with Crippen LogP contribution in [0.25, 0.3) is 0 Å². The van der Waals surface area contributed by atoms with Gasteiger partial charge in [-0.1, -0.05) is 18.2 Å². The number of piperidine rings is 1. The van der Waals surface area contributed by atoms with Gasteiger partial charge in [0.05, 0.1) is 17.8 Å². The molecule has 2 aliphatic heterocycles. The van der Waals surface area contributed by atoms with E-state index in [2.05, 4.69) is 0 Å². The smallest absolute Gasteiger partial charge is 0.383 e. The van der Waals surface area contributed by atoms with E-state index in [1.807, 2.05) is 0 Å². The Morgan fingerprint density at radius 2 is 1.96 bits per heavy atom. The van der Waals surface area contributed by atoms with Crippen molar-refractivity contribution in [1.82, 2.24) is 4.90 Å². The summed E-state index contributed by atoms with van der Waals surface area (Å²) < 4.78 is 43.7. The van der Waals surface area contributed by atoms with Crippen molar-refractivity contribution in [2.24, 2.45) is 0 Å². The van der Waals surface area contributed by atoms with E-state index < -0.39 is 23.8 Å². The Bertz CT molecular complexity index is 603. The number of rotatable bonds is 3. The molecule has 1 N–H and O–H groups in total. The fourth-order valence-electron chi connectivity index (χ4n) is 3.32. The molecule has 2 fully saturated rings. The molecule has 0 radical (unpaired) electrons. The minimum atomic E-state index is -4.44. The zero-order chi connectivity index (χ0) is 17.4. The first-order valence-electron chi connectivity index (χ1n) is 8.06. The summed E-state index contributed by atoms with van der Waals surface area (Å²) in [5.41, 5.74) is -0.578. The lowest BCUT2D eigenvalue weighted by Crippen LogP contribution is -2.55. The van der Waals surface area contributed by atoms with Crippen molar-refractivity contribution in [3.8, 4) is 0 Å². The number of aliphatic hydroxyl groups is 1. The van der Waals surface area contributed by atoms with Crippen LogP contribution >= 0.6 is 0 Å². The average Bonchev–Trinajstić information content (AvgIpc) is 2.52. The first kappa shape index (κ1) is 17.2. The van der Waals surface area contributed by atoms with E-state index in [-0.39, 0.29) is 12.0 Å². The van der Waals surface area contributed by atoms with Crippen LogP contribution in [0.15, 0.2) is 24.3 Å². The van der Waals surface area contributed by atoms with E-state index in [1.165, 1.54) is 12.1 Å². The molecule has 132 valence electrons. The Kier molecular flexibility index (Phi) is 4.57. The summed E-state index contributed by atoms with van der Waals surface area (Å²) in [7, 11) is 0. The third kappa shape index (κ3) is 3.57. The second-order valence-corrected chi connectivity index (χ2v) is 6.52. The summed E-state index contributed by atoms with van der Waals surface area (Å²) in [5.74, 6) is -0.429. The lowest BCUT2D eigenvalue weighted by molar-refractivity contribution is -0.178. The van der Waals surface area contributed by atoms with Crippen molar-refractivity contribution in [2.75, 3.05) is 19.7 Å². The molecule has 7 heteroatoms. The molecule has 2 heterocycles. The highest BCUT2D eigenvalue weighted by Gasteiger charge is 2.42. The van der Waals surface area contributed by atoms with Crippen molar-refractivity contribution < 1.29 is 27.8 Å². The third-order valence-electron chi connectivity index (χ3n) is 4.92. The van der Waals surface area contributed by atoms with Crippen molar-refractivity contribution in [3.05, 3.63) is 35.4 Å². The summed E-state index contributed by atoms with van der Waals surface area (Å²) in [6.45, 7) is 1.78. The zero-order valence-electron chi connectivity index (χ0n) is 13.2. The average molecular weight is 343 g/mol. The molecule has 2 aliphatic rings. The molecule has 24 heavy (non-hydrogen) atoms. The molecule has 1 amide bonds. The third-order valence-corrected chi connectivity index (χ3v) is 4.92. The van der Waals surface area contributed by atoms with Crippen LogP contribution in [0.3, 0.4) is 0 Å². The number of alkyl halides is 3. The Morgan fingerprint density at radius 1 is 1.29 bits per heavy atom. The van der Waals surface area contributed by atoms with Gasteiger partial charge in [-0.2, -0.15) is 13.2 Å². The lowest BCUT2D eigenvalue weighted by atomic mass is 9.84. The predicted molar refractivity (Wildman–Crippen MR) is 80.3 cm³/mol. The number of aliphatic hydroxyl groups excluding tert-OH is 1. The Balaban J connectivity index is 1.58. The van der Waals surface area contributed by atoms with Crippen LogP contribution in [0.5, 0.6) is 0 Å². The number of carbonyl (C=O) groups excluding carboxylic acids is 1. The number of benzene rings is 1. The van der Waals surface area contributed by atoms with Gasteiger partial charge in [0.1, 0.15) is 6.10 Å². The van der Waals surface area contributed by atoms with Gasteiger partial charge in [0.15, 0.2) is 0 Å². The molecular weight excluding hydrogens is 323 g/mol. The SMILES string of the molecule is O=C(C(O)Cc1cccc(C(F)(F)F)c1)N1CCC2(CCO2)CC1. The van der Waals surface area contributed by atoms with Gasteiger partial charge in [0, 0.05) is 19.5 Å². The summed E-state index contributed by atoms with van der Waals surface area (Å²) in [5, 5.41) is 10.1. The highest BCUT2D eigenvalue weighted by Crippen LogP contribution is 2.36. The quantitative estimate of drug-likeness (QED) is 0.917. The first-order chi connectivity index (χ1) is 11.3. The maximum atomic E-state index is 12.7. The van der Waals surface area contributed by atoms with E-state index in [4.69, 9.17) is 4.74 Å². The predicted octanol–water partition coefficient (Wildman–Crippen LogP) is 2.39. The zero-order valence-corrected chi connectivity index (χ0v) is 13.2. The van der Waals surface area contributed by atoms with Crippen LogP contribution in [0, 0.1) is 0 Å². The summed E-state index contributed by atoms with van der Waals surface area (Å²) >= 11 is 0. The van der Waals surface area contributed by atoms with Crippen LogP contribution in [0.2, 0.25) is 0 Å². The molecule has 0 aliphatic carbocycles. The second-order valence-electron chi connectivity index (χ2n) is 6.52. The van der Waals surface area contributed by atoms with Crippen LogP contribution in [-0.4, -0.2) is 47.3 Å². The second kappa shape index (κ2) is 6.37. The van der Waals surface area contributed by atoms with Crippen LogP contribution < -0.4 is 0 Å². The highest BCUT2D eigenvalue weighted by molar-refractivity contribution is 5.81. The van der Waals surface area contributed by atoms with Gasteiger partial charge in [-0.05, 0) is 30.9 Å². The molecule has 1 aromatic carbocycles. The van der Waals surface area contributed by atoms with Crippen molar-refractivity contribution in [3.63, 3.8) is 0 Å². The summed E-state index contributed by atoms with van der Waals surface area (Å²) in [6, 6.07) is 4.72. The molecular formula is C17H20F3NO3. The molecule has 1 spiro atoms. The molecule has 0 bridgehead atoms. The van der Waals surface area contributed by atoms with E-state index in [9.17, 15) is 23.1 Å². The van der Waals surface area contributed by atoms with Gasteiger partial charge in [-0.25, -0.2) is 0 Å². The summed E-state index contributed by atoms with van der Waals surface area (Å²) in [4.78, 5) is 13.9. The monoisotopic (exact) mass is 343 g/mol. The van der Waals surface area contributed by atoms with Crippen LogP contribution in [0.4, 0.5) is 13.2 Å². The number of halogens is 3. The van der Waals surface area contributed by atoms with Crippen LogP contribution in [-0.2, 0) is 22.1 Å². The Labute approximate surface area is 138 Å². The normalized spacial score (nSPS) is 21.4. The van der Waals surface area contributed by atoms with Gasteiger partial charge < -0.3 is 14.7 Å². The first-order valence-corrected chi connectivity index (χ1v) is 8.06. The number of amides is 1. The Morgan fingerprint density at radius 3 is 2.50 bits per heavy atom. The standard InChI is InChI=1S/C17H20F3NO3/c18-17(19,20)13-3-1-2-12(10-13)11-14(22)15(23)21-7-4-16(5-8-21)6-9-24-16/h1-3,10,14,22H,4-9,11H2. The minimum absolute atomic E-state index is 0.0945. The summed E-state index contributed by atoms with van der Waals surface area (Å²) in [6.07, 6.45) is -3.40. The van der Waals surface area contributed by atoms with Gasteiger partial charge in [-0.15, -0.1) is 0 Å². The molecule has 0 saturated carbocycles. The van der Waals surface area contributed by atoms with E-state index in [1.54, 1.807) is 4.90 Å². The molecule has 0 aromatic heterocycles. The van der Waals surface area contributed by atoms with Gasteiger partial charge in [0.25, 0.3) is 5.91 Å². The van der Waals surface area contributed by atoms with Crippen molar-refractivity contribution in [1.29, 1.82) is 0 Å². The number of nitrogens with zero attached hydrogens (tertiary/aromatic N) is 1. The maximum absolute atomic E-state index is 12.7. The van der Waals surface area contributed by atoms with Crippen LogP contribution in [0.1, 0.15) is 30.4 Å².